The molecule has 0 unspecified atom stereocenters. The molecule has 0 bridgehead atoms. The molecule has 136 valence electrons. The van der Waals surface area contributed by atoms with Gasteiger partial charge in [-0.15, -0.1) is 0 Å². The topological polar surface area (TPSA) is 67.2 Å². The van der Waals surface area contributed by atoms with E-state index in [0.29, 0.717) is 23.9 Å². The van der Waals surface area contributed by atoms with E-state index in [4.69, 9.17) is 0 Å². The van der Waals surface area contributed by atoms with Crippen LogP contribution in [0.2, 0.25) is 0 Å². The second kappa shape index (κ2) is 6.59. The summed E-state index contributed by atoms with van der Waals surface area (Å²) in [6, 6.07) is 5.78. The van der Waals surface area contributed by atoms with Crippen molar-refractivity contribution in [2.45, 2.75) is 39.8 Å². The predicted octanol–water partition coefficient (Wildman–Crippen LogP) is 2.30. The normalized spacial score (nSPS) is 16.5. The fourth-order valence-corrected chi connectivity index (χ4v) is 3.49. The van der Waals surface area contributed by atoms with Crippen molar-refractivity contribution in [1.82, 2.24) is 19.8 Å². The number of benzene rings is 1. The molecule has 4 rings (SSSR count). The molecule has 1 aliphatic heterocycles. The van der Waals surface area contributed by atoms with Crippen molar-refractivity contribution in [3.05, 3.63) is 52.6 Å². The number of hydrogen-bond acceptors (Lipinski definition) is 3. The molecule has 1 N–H and O–H groups in total. The molecule has 0 spiro atoms. The van der Waals surface area contributed by atoms with Gasteiger partial charge in [-0.25, -0.2) is 4.98 Å². The molecular weight excluding hydrogens is 328 g/mol. The molecule has 0 saturated heterocycles. The van der Waals surface area contributed by atoms with Gasteiger partial charge in [-0.1, -0.05) is 17.7 Å². The Morgan fingerprint density at radius 2 is 2.08 bits per heavy atom. The van der Waals surface area contributed by atoms with E-state index in [1.807, 2.05) is 47.7 Å². The summed E-state index contributed by atoms with van der Waals surface area (Å²) in [5.41, 5.74) is 3.48. The number of aromatic nitrogens is 2. The van der Waals surface area contributed by atoms with E-state index in [1.54, 1.807) is 0 Å². The lowest BCUT2D eigenvalue weighted by Gasteiger charge is -2.27. The SMILES string of the molecule is Cc1ccc(C(=O)NCc2cn3c(n2)C(=O)N(CC2CC2)CC3)c(C)c1. The fraction of sp³-hybridized carbons (Fsp3) is 0.450. The summed E-state index contributed by atoms with van der Waals surface area (Å²) in [5, 5.41) is 2.91. The van der Waals surface area contributed by atoms with Gasteiger partial charge in [0.2, 0.25) is 0 Å². The van der Waals surface area contributed by atoms with Crippen molar-refractivity contribution in [1.29, 1.82) is 0 Å². The van der Waals surface area contributed by atoms with Crippen molar-refractivity contribution in [2.24, 2.45) is 5.92 Å². The minimum Gasteiger partial charge on any atom is -0.346 e. The van der Waals surface area contributed by atoms with Crippen molar-refractivity contribution in [2.75, 3.05) is 13.1 Å². The van der Waals surface area contributed by atoms with Crippen LogP contribution in [0.25, 0.3) is 0 Å². The number of carbonyl (C=O) groups excluding carboxylic acids is 2. The lowest BCUT2D eigenvalue weighted by Crippen LogP contribution is -2.41. The van der Waals surface area contributed by atoms with Gasteiger partial charge in [0.15, 0.2) is 5.82 Å². The van der Waals surface area contributed by atoms with Gasteiger partial charge in [0.05, 0.1) is 12.2 Å². The Morgan fingerprint density at radius 3 is 2.81 bits per heavy atom. The van der Waals surface area contributed by atoms with Crippen LogP contribution in [0.1, 0.15) is 50.6 Å². The molecule has 2 amide bonds. The molecule has 1 aliphatic carbocycles. The number of rotatable bonds is 5. The zero-order chi connectivity index (χ0) is 18.3. The maximum Gasteiger partial charge on any atom is 0.289 e. The summed E-state index contributed by atoms with van der Waals surface area (Å²) in [6.07, 6.45) is 4.34. The molecule has 2 heterocycles. The summed E-state index contributed by atoms with van der Waals surface area (Å²) < 4.78 is 1.91. The first-order valence-electron chi connectivity index (χ1n) is 9.22. The first-order chi connectivity index (χ1) is 12.5. The Balaban J connectivity index is 1.42. The molecule has 6 heteroatoms. The minimum absolute atomic E-state index is 0.00936. The summed E-state index contributed by atoms with van der Waals surface area (Å²) in [7, 11) is 0. The van der Waals surface area contributed by atoms with Gasteiger partial charge < -0.3 is 14.8 Å². The summed E-state index contributed by atoms with van der Waals surface area (Å²) in [6.45, 7) is 6.63. The zero-order valence-corrected chi connectivity index (χ0v) is 15.3. The molecule has 2 aliphatic rings. The van der Waals surface area contributed by atoms with E-state index in [1.165, 1.54) is 12.8 Å². The second-order valence-electron chi connectivity index (χ2n) is 7.44. The summed E-state index contributed by atoms with van der Waals surface area (Å²) in [5.74, 6) is 1.06. The highest BCUT2D eigenvalue weighted by Gasteiger charge is 2.31. The van der Waals surface area contributed by atoms with Gasteiger partial charge in [0.25, 0.3) is 11.8 Å². The van der Waals surface area contributed by atoms with Crippen molar-refractivity contribution in [3.8, 4) is 0 Å². The largest absolute Gasteiger partial charge is 0.346 e. The van der Waals surface area contributed by atoms with Crippen LogP contribution < -0.4 is 5.32 Å². The molecular formula is C20H24N4O2. The average molecular weight is 352 g/mol. The Kier molecular flexibility index (Phi) is 4.26. The van der Waals surface area contributed by atoms with Crippen LogP contribution in [0, 0.1) is 19.8 Å². The van der Waals surface area contributed by atoms with Crippen LogP contribution >= 0.6 is 0 Å². The van der Waals surface area contributed by atoms with Crippen LogP contribution in [0.3, 0.4) is 0 Å². The Morgan fingerprint density at radius 1 is 1.27 bits per heavy atom. The average Bonchev–Trinajstić information content (AvgIpc) is 3.32. The van der Waals surface area contributed by atoms with Gasteiger partial charge in [0.1, 0.15) is 0 Å². The Bertz CT molecular complexity index is 867. The lowest BCUT2D eigenvalue weighted by atomic mass is 10.1. The Hall–Kier alpha value is -2.63. The standard InChI is InChI=1S/C20H24N4O2/c1-13-3-6-17(14(2)9-13)19(25)21-10-16-12-23-7-8-24(11-15-4-5-15)20(26)18(23)22-16/h3,6,9,12,15H,4-5,7-8,10-11H2,1-2H3,(H,21,25). The molecule has 0 atom stereocenters. The highest BCUT2D eigenvalue weighted by molar-refractivity contribution is 5.95. The maximum absolute atomic E-state index is 12.6. The number of nitrogens with zero attached hydrogens (tertiary/aromatic N) is 3. The number of amides is 2. The van der Waals surface area contributed by atoms with Gasteiger partial charge in [-0.3, -0.25) is 9.59 Å². The molecule has 26 heavy (non-hydrogen) atoms. The molecule has 1 aromatic carbocycles. The smallest absolute Gasteiger partial charge is 0.289 e. The van der Waals surface area contributed by atoms with Crippen LogP contribution in [0.5, 0.6) is 0 Å². The zero-order valence-electron chi connectivity index (χ0n) is 15.3. The summed E-state index contributed by atoms with van der Waals surface area (Å²) >= 11 is 0. The first kappa shape index (κ1) is 16.8. The van der Waals surface area contributed by atoms with E-state index < -0.39 is 0 Å². The van der Waals surface area contributed by atoms with Crippen molar-refractivity contribution < 1.29 is 9.59 Å². The van der Waals surface area contributed by atoms with Gasteiger partial charge in [0, 0.05) is 31.4 Å². The fourth-order valence-electron chi connectivity index (χ4n) is 3.49. The van der Waals surface area contributed by atoms with E-state index in [9.17, 15) is 9.59 Å². The molecule has 0 radical (unpaired) electrons. The van der Waals surface area contributed by atoms with E-state index in [0.717, 1.165) is 36.5 Å². The van der Waals surface area contributed by atoms with Gasteiger partial charge >= 0.3 is 0 Å². The number of hydrogen-bond donors (Lipinski definition) is 1. The number of nitrogens with one attached hydrogen (secondary N) is 1. The number of aryl methyl sites for hydroxylation is 2. The quantitative estimate of drug-likeness (QED) is 0.898. The molecule has 2 aromatic rings. The third kappa shape index (κ3) is 3.36. The molecule has 1 fully saturated rings. The van der Waals surface area contributed by atoms with E-state index >= 15 is 0 Å². The van der Waals surface area contributed by atoms with Gasteiger partial charge in [-0.2, -0.15) is 0 Å². The predicted molar refractivity (Wildman–Crippen MR) is 97.9 cm³/mol. The molecule has 6 nitrogen and oxygen atoms in total. The minimum atomic E-state index is -0.116. The highest BCUT2D eigenvalue weighted by atomic mass is 16.2. The van der Waals surface area contributed by atoms with Crippen molar-refractivity contribution >= 4 is 11.8 Å². The number of carbonyl (C=O) groups is 2. The van der Waals surface area contributed by atoms with Crippen LogP contribution in [-0.4, -0.2) is 39.4 Å². The third-order valence-electron chi connectivity index (χ3n) is 5.15. The van der Waals surface area contributed by atoms with Gasteiger partial charge in [-0.05, 0) is 44.2 Å². The maximum atomic E-state index is 12.6. The van der Waals surface area contributed by atoms with Crippen LogP contribution in [-0.2, 0) is 13.1 Å². The lowest BCUT2D eigenvalue weighted by molar-refractivity contribution is 0.0688. The van der Waals surface area contributed by atoms with Crippen LogP contribution in [0.15, 0.2) is 24.4 Å². The number of fused-ring (bicyclic) bond motifs is 1. The Labute approximate surface area is 153 Å². The second-order valence-corrected chi connectivity index (χ2v) is 7.44. The molecule has 1 saturated carbocycles. The highest BCUT2D eigenvalue weighted by Crippen LogP contribution is 2.30. The summed E-state index contributed by atoms with van der Waals surface area (Å²) in [4.78, 5) is 31.4. The van der Waals surface area contributed by atoms with E-state index in [2.05, 4.69) is 10.3 Å². The first-order valence-corrected chi connectivity index (χ1v) is 9.22. The van der Waals surface area contributed by atoms with Crippen LogP contribution in [0.4, 0.5) is 0 Å². The van der Waals surface area contributed by atoms with E-state index in [-0.39, 0.29) is 11.8 Å². The van der Waals surface area contributed by atoms with Crippen molar-refractivity contribution in [3.63, 3.8) is 0 Å². The number of imidazole rings is 1. The molecule has 1 aromatic heterocycles. The third-order valence-corrected chi connectivity index (χ3v) is 5.15. The monoisotopic (exact) mass is 352 g/mol.